The van der Waals surface area contributed by atoms with Crippen molar-refractivity contribution < 1.29 is 4.79 Å². The molecule has 0 saturated carbocycles. The molecule has 0 spiro atoms. The van der Waals surface area contributed by atoms with Crippen molar-refractivity contribution in [2.45, 2.75) is 0 Å². The van der Waals surface area contributed by atoms with Gasteiger partial charge in [0.1, 0.15) is 0 Å². The normalized spacial score (nSPS) is 5.50. The van der Waals surface area contributed by atoms with Crippen LogP contribution in [0.1, 0.15) is 0 Å². The predicted molar refractivity (Wildman–Crippen MR) is 25.9 cm³/mol. The van der Waals surface area contributed by atoms with Crippen LogP contribution in [0.15, 0.2) is 0 Å². The molecule has 3 heteroatoms. The first-order chi connectivity index (χ1) is 2.77. The van der Waals surface area contributed by atoms with Crippen molar-refractivity contribution in [2.75, 3.05) is 0 Å². The van der Waals surface area contributed by atoms with Crippen molar-refractivity contribution in [1.82, 2.24) is 0 Å². The topological polar surface area (TPSA) is 43.1 Å². The van der Waals surface area contributed by atoms with Gasteiger partial charge < -0.3 is 5.73 Å². The van der Waals surface area contributed by atoms with Crippen molar-refractivity contribution in [1.29, 1.82) is 0 Å². The smallest absolute Gasteiger partial charge is 0.294 e. The zero-order valence-corrected chi connectivity index (χ0v) is 4.45. The summed E-state index contributed by atoms with van der Waals surface area (Å²) >= 11 is 2.69. The highest BCUT2D eigenvalue weighted by Crippen LogP contribution is 1.65. The lowest BCUT2D eigenvalue weighted by Gasteiger charge is -1.63. The van der Waals surface area contributed by atoms with Crippen molar-refractivity contribution in [3.63, 3.8) is 0 Å². The molecule has 32 valence electrons. The third-order valence-electron chi connectivity index (χ3n) is 0.170. The minimum absolute atomic E-state index is 0.619. The number of amides is 1. The molecular formula is C3H2BrNO. The Morgan fingerprint density at radius 2 is 2.33 bits per heavy atom. The van der Waals surface area contributed by atoms with Crippen LogP contribution < -0.4 is 5.73 Å². The first-order valence-corrected chi connectivity index (χ1v) is 1.97. The SMILES string of the molecule is NC(=O)C#CBr. The van der Waals surface area contributed by atoms with Gasteiger partial charge >= 0.3 is 0 Å². The van der Waals surface area contributed by atoms with Crippen LogP contribution in [0.4, 0.5) is 0 Å². The molecule has 0 aliphatic rings. The van der Waals surface area contributed by atoms with Crippen molar-refractivity contribution in [3.05, 3.63) is 0 Å². The van der Waals surface area contributed by atoms with Gasteiger partial charge in [-0.3, -0.25) is 4.79 Å². The van der Waals surface area contributed by atoms with Gasteiger partial charge in [0.05, 0.1) is 0 Å². The number of carbonyl (C=O) groups excluding carboxylic acids is 1. The third-order valence-corrected chi connectivity index (χ3v) is 0.369. The first kappa shape index (κ1) is 5.51. The Balaban J connectivity index is 3.50. The number of hydrogen-bond acceptors (Lipinski definition) is 1. The second kappa shape index (κ2) is 2.73. The van der Waals surface area contributed by atoms with Crippen LogP contribution in [-0.4, -0.2) is 5.91 Å². The molecule has 0 rings (SSSR count). The average Bonchev–Trinajstić information content (AvgIpc) is 1.35. The zero-order valence-electron chi connectivity index (χ0n) is 2.86. The van der Waals surface area contributed by atoms with E-state index in [0.29, 0.717) is 0 Å². The summed E-state index contributed by atoms with van der Waals surface area (Å²) in [4.78, 5) is 11.8. The molecule has 0 saturated heterocycles. The van der Waals surface area contributed by atoms with Gasteiger partial charge in [-0.25, -0.2) is 0 Å². The lowest BCUT2D eigenvalue weighted by Crippen LogP contribution is -2.05. The summed E-state index contributed by atoms with van der Waals surface area (Å²) in [7, 11) is 0. The maximum Gasteiger partial charge on any atom is 0.294 e. The van der Waals surface area contributed by atoms with E-state index in [1.54, 1.807) is 0 Å². The van der Waals surface area contributed by atoms with Crippen LogP contribution in [0.5, 0.6) is 0 Å². The number of carbonyl (C=O) groups is 1. The van der Waals surface area contributed by atoms with E-state index in [0.717, 1.165) is 0 Å². The molecule has 0 unspecified atom stereocenters. The second-order valence-corrected chi connectivity index (χ2v) is 0.980. The molecule has 0 aliphatic heterocycles. The van der Waals surface area contributed by atoms with Gasteiger partial charge in [-0.15, -0.1) is 0 Å². The van der Waals surface area contributed by atoms with Crippen LogP contribution in [0.2, 0.25) is 0 Å². The van der Waals surface area contributed by atoms with Crippen molar-refractivity contribution >= 4 is 21.8 Å². The van der Waals surface area contributed by atoms with E-state index in [1.807, 2.05) is 5.92 Å². The van der Waals surface area contributed by atoms with Gasteiger partial charge in [0, 0.05) is 21.9 Å². The quantitative estimate of drug-likeness (QED) is 0.476. The van der Waals surface area contributed by atoms with Gasteiger partial charge in [-0.1, -0.05) is 0 Å². The number of nitrogens with two attached hydrogens (primary N) is 1. The molecule has 1 amide bonds. The minimum atomic E-state index is -0.619. The standard InChI is InChI=1S/C3H2BrNO/c4-2-1-3(5)6/h(H2,5,6). The largest absolute Gasteiger partial charge is 0.359 e. The summed E-state index contributed by atoms with van der Waals surface area (Å²) < 4.78 is 0. The fraction of sp³-hybridized carbons (Fsp3) is 0. The minimum Gasteiger partial charge on any atom is -0.359 e. The highest BCUT2D eigenvalue weighted by atomic mass is 79.9. The van der Waals surface area contributed by atoms with E-state index in [-0.39, 0.29) is 0 Å². The van der Waals surface area contributed by atoms with E-state index >= 15 is 0 Å². The summed E-state index contributed by atoms with van der Waals surface area (Å²) in [6.45, 7) is 0. The molecule has 0 fully saturated rings. The molecule has 2 nitrogen and oxygen atoms in total. The van der Waals surface area contributed by atoms with Crippen LogP contribution in [0.3, 0.4) is 0 Å². The molecule has 0 aromatic carbocycles. The van der Waals surface area contributed by atoms with Crippen LogP contribution in [0.25, 0.3) is 0 Å². The monoisotopic (exact) mass is 147 g/mol. The lowest BCUT2D eigenvalue weighted by atomic mass is 10.7. The van der Waals surface area contributed by atoms with Crippen LogP contribution in [-0.2, 0) is 4.79 Å². The highest BCUT2D eigenvalue weighted by molar-refractivity contribution is 9.12. The molecule has 0 radical (unpaired) electrons. The molecular weight excluding hydrogens is 146 g/mol. The van der Waals surface area contributed by atoms with Crippen molar-refractivity contribution in [3.8, 4) is 10.8 Å². The molecule has 0 aliphatic carbocycles. The summed E-state index contributed by atoms with van der Waals surface area (Å²) in [6, 6.07) is 0. The van der Waals surface area contributed by atoms with E-state index in [4.69, 9.17) is 0 Å². The summed E-state index contributed by atoms with van der Waals surface area (Å²) in [5.41, 5.74) is 4.56. The number of hydrogen-bond donors (Lipinski definition) is 1. The summed E-state index contributed by atoms with van der Waals surface area (Å²) in [5.74, 6) is 1.40. The third kappa shape index (κ3) is 3.51. The van der Waals surface area contributed by atoms with E-state index in [9.17, 15) is 4.79 Å². The Labute approximate surface area is 43.8 Å². The number of halogens is 1. The molecule has 6 heavy (non-hydrogen) atoms. The second-order valence-electron chi connectivity index (χ2n) is 0.584. The Hall–Kier alpha value is -0.490. The van der Waals surface area contributed by atoms with Crippen LogP contribution in [0, 0.1) is 10.8 Å². The Kier molecular flexibility index (Phi) is 2.51. The summed E-state index contributed by atoms with van der Waals surface area (Å²) in [5, 5.41) is 0. The molecule has 0 bridgehead atoms. The van der Waals surface area contributed by atoms with E-state index in [2.05, 4.69) is 26.5 Å². The average molecular weight is 148 g/mol. The maximum atomic E-state index is 9.62. The van der Waals surface area contributed by atoms with Gasteiger partial charge in [-0.05, 0) is 4.83 Å². The number of primary amides is 1. The van der Waals surface area contributed by atoms with Crippen LogP contribution >= 0.6 is 15.9 Å². The number of rotatable bonds is 0. The Bertz CT molecular complexity index is 110. The van der Waals surface area contributed by atoms with Gasteiger partial charge in [0.15, 0.2) is 0 Å². The first-order valence-electron chi connectivity index (χ1n) is 1.18. The molecule has 0 heterocycles. The fourth-order valence-corrected chi connectivity index (χ4v) is 0.242. The highest BCUT2D eigenvalue weighted by Gasteiger charge is 1.73. The predicted octanol–water partition coefficient (Wildman–Crippen LogP) is -0.172. The molecule has 0 atom stereocenters. The molecule has 0 aromatic heterocycles. The fourth-order valence-electron chi connectivity index (χ4n) is 0.0466. The molecule has 2 N–H and O–H groups in total. The molecule has 0 aromatic rings. The maximum absolute atomic E-state index is 9.62. The van der Waals surface area contributed by atoms with E-state index in [1.165, 1.54) is 0 Å². The Morgan fingerprint density at radius 3 is 2.33 bits per heavy atom. The Morgan fingerprint density at radius 1 is 1.83 bits per heavy atom. The van der Waals surface area contributed by atoms with Crippen molar-refractivity contribution in [2.24, 2.45) is 5.73 Å². The summed E-state index contributed by atoms with van der Waals surface area (Å²) in [6.07, 6.45) is 0. The van der Waals surface area contributed by atoms with E-state index < -0.39 is 5.91 Å². The van der Waals surface area contributed by atoms with Gasteiger partial charge in [0.25, 0.3) is 5.91 Å². The van der Waals surface area contributed by atoms with Gasteiger partial charge in [0.2, 0.25) is 0 Å². The zero-order chi connectivity index (χ0) is 4.99. The van der Waals surface area contributed by atoms with Gasteiger partial charge in [-0.2, -0.15) is 0 Å². The lowest BCUT2D eigenvalue weighted by molar-refractivity contribution is -0.112.